The number of benzene rings is 1. The molecule has 2 N–H and O–H groups in total. The van der Waals surface area contributed by atoms with E-state index >= 15 is 0 Å². The van der Waals surface area contributed by atoms with Crippen LogP contribution in [-0.2, 0) is 11.2 Å². The maximum atomic E-state index is 12.1. The number of carbonyl (C=O) groups excluding carboxylic acids is 1. The quantitative estimate of drug-likeness (QED) is 0.554. The van der Waals surface area contributed by atoms with Gasteiger partial charge in [-0.15, -0.1) is 11.3 Å². The van der Waals surface area contributed by atoms with Gasteiger partial charge >= 0.3 is 0 Å². The number of nitro benzene ring substituents is 1. The van der Waals surface area contributed by atoms with Gasteiger partial charge in [0.2, 0.25) is 5.91 Å². The van der Waals surface area contributed by atoms with Crippen molar-refractivity contribution >= 4 is 28.7 Å². The topological polar surface area (TPSA) is 101 Å². The van der Waals surface area contributed by atoms with E-state index in [1.807, 2.05) is 17.5 Å². The van der Waals surface area contributed by atoms with Crippen LogP contribution in [0.25, 0.3) is 10.6 Å². The first-order valence-corrected chi connectivity index (χ1v) is 7.63. The molecule has 23 heavy (non-hydrogen) atoms. The molecule has 0 saturated heterocycles. The van der Waals surface area contributed by atoms with Crippen LogP contribution in [0, 0.1) is 10.1 Å². The number of nitro groups is 1. The van der Waals surface area contributed by atoms with Gasteiger partial charge in [0.05, 0.1) is 21.9 Å². The average Bonchev–Trinajstić information content (AvgIpc) is 3.18. The molecule has 0 atom stereocenters. The lowest BCUT2D eigenvalue weighted by Gasteiger charge is -2.03. The molecule has 0 aliphatic rings. The summed E-state index contributed by atoms with van der Waals surface area (Å²) in [5.41, 5.74) is 1.11. The first kappa shape index (κ1) is 14.9. The molecular weight excluding hydrogens is 316 g/mol. The van der Waals surface area contributed by atoms with Crippen molar-refractivity contribution in [1.29, 1.82) is 0 Å². The molecule has 0 fully saturated rings. The van der Waals surface area contributed by atoms with Gasteiger partial charge in [0.25, 0.3) is 5.69 Å². The number of aromatic nitrogens is 2. The van der Waals surface area contributed by atoms with Crippen LogP contribution in [0.3, 0.4) is 0 Å². The monoisotopic (exact) mass is 328 g/mol. The predicted octanol–water partition coefficient (Wildman–Crippen LogP) is 3.23. The lowest BCUT2D eigenvalue weighted by atomic mass is 10.1. The van der Waals surface area contributed by atoms with Crippen molar-refractivity contribution in [2.24, 2.45) is 0 Å². The van der Waals surface area contributed by atoms with Crippen LogP contribution in [0.5, 0.6) is 0 Å². The number of hydrogen-bond donors (Lipinski definition) is 2. The Labute approximate surface area is 135 Å². The third kappa shape index (κ3) is 3.43. The van der Waals surface area contributed by atoms with Crippen LogP contribution < -0.4 is 5.32 Å². The van der Waals surface area contributed by atoms with Crippen LogP contribution in [-0.4, -0.2) is 21.0 Å². The molecule has 1 aromatic carbocycles. The van der Waals surface area contributed by atoms with Crippen molar-refractivity contribution in [3.05, 3.63) is 63.5 Å². The van der Waals surface area contributed by atoms with E-state index < -0.39 is 4.92 Å². The zero-order valence-electron chi connectivity index (χ0n) is 11.9. The standard InChI is InChI=1S/C15H12N4O3S/c20-15(8-10-4-1-2-5-12(10)19(21)22)16-14-9-11(17-18-14)13-6-3-7-23-13/h1-7,9H,8H2,(H2,16,17,18,20). The third-order valence-electron chi connectivity index (χ3n) is 3.17. The number of hydrogen-bond acceptors (Lipinski definition) is 5. The minimum Gasteiger partial charge on any atom is -0.309 e. The van der Waals surface area contributed by atoms with Crippen molar-refractivity contribution in [1.82, 2.24) is 10.2 Å². The van der Waals surface area contributed by atoms with Gasteiger partial charge in [-0.2, -0.15) is 5.10 Å². The number of nitrogens with one attached hydrogen (secondary N) is 2. The molecule has 3 rings (SSSR count). The summed E-state index contributed by atoms with van der Waals surface area (Å²) in [6, 6.07) is 11.8. The number of aromatic amines is 1. The largest absolute Gasteiger partial charge is 0.309 e. The number of nitrogens with zero attached hydrogens (tertiary/aromatic N) is 2. The van der Waals surface area contributed by atoms with Crippen LogP contribution in [0.1, 0.15) is 5.56 Å². The Kier molecular flexibility index (Phi) is 4.15. The predicted molar refractivity (Wildman–Crippen MR) is 87.3 cm³/mol. The molecule has 0 spiro atoms. The van der Waals surface area contributed by atoms with Crippen LogP contribution in [0.4, 0.5) is 11.5 Å². The Hall–Kier alpha value is -3.00. The highest BCUT2D eigenvalue weighted by Crippen LogP contribution is 2.24. The Morgan fingerprint density at radius 3 is 2.87 bits per heavy atom. The van der Waals surface area contributed by atoms with E-state index in [-0.39, 0.29) is 18.0 Å². The normalized spacial score (nSPS) is 10.4. The molecule has 116 valence electrons. The van der Waals surface area contributed by atoms with E-state index in [4.69, 9.17) is 0 Å². The van der Waals surface area contributed by atoms with E-state index in [1.165, 1.54) is 6.07 Å². The van der Waals surface area contributed by atoms with Crippen molar-refractivity contribution < 1.29 is 9.72 Å². The number of H-pyrrole nitrogens is 1. The number of amides is 1. The lowest BCUT2D eigenvalue weighted by Crippen LogP contribution is -2.15. The first-order chi connectivity index (χ1) is 11.1. The van der Waals surface area contributed by atoms with Gasteiger partial charge in [-0.05, 0) is 11.4 Å². The van der Waals surface area contributed by atoms with Crippen molar-refractivity contribution in [3.8, 4) is 10.6 Å². The van der Waals surface area contributed by atoms with E-state index in [0.29, 0.717) is 11.4 Å². The zero-order valence-corrected chi connectivity index (χ0v) is 12.7. The second-order valence-corrected chi connectivity index (χ2v) is 5.70. The highest BCUT2D eigenvalue weighted by molar-refractivity contribution is 7.13. The molecular formula is C15H12N4O3S. The summed E-state index contributed by atoms with van der Waals surface area (Å²) in [5, 5.41) is 22.4. The van der Waals surface area contributed by atoms with Crippen LogP contribution in [0.2, 0.25) is 0 Å². The Morgan fingerprint density at radius 1 is 1.30 bits per heavy atom. The molecule has 8 heteroatoms. The second-order valence-electron chi connectivity index (χ2n) is 4.75. The molecule has 0 aliphatic heterocycles. The fourth-order valence-corrected chi connectivity index (χ4v) is 2.83. The van der Waals surface area contributed by atoms with E-state index in [1.54, 1.807) is 35.6 Å². The maximum absolute atomic E-state index is 12.1. The van der Waals surface area contributed by atoms with Gasteiger partial charge in [0.15, 0.2) is 5.82 Å². The summed E-state index contributed by atoms with van der Waals surface area (Å²) in [6.07, 6.45) is -0.0850. The summed E-state index contributed by atoms with van der Waals surface area (Å²) in [5.74, 6) is 0.0283. The van der Waals surface area contributed by atoms with Crippen LogP contribution in [0.15, 0.2) is 47.8 Å². The van der Waals surface area contributed by atoms with E-state index in [2.05, 4.69) is 15.5 Å². The SMILES string of the molecule is O=C(Cc1ccccc1[N+](=O)[O-])Nc1cc(-c2cccs2)[nH]n1. The average molecular weight is 328 g/mol. The van der Waals surface area contributed by atoms with Crippen molar-refractivity contribution in [2.75, 3.05) is 5.32 Å². The Bertz CT molecular complexity index is 842. The van der Waals surface area contributed by atoms with E-state index in [9.17, 15) is 14.9 Å². The van der Waals surface area contributed by atoms with Crippen molar-refractivity contribution in [2.45, 2.75) is 6.42 Å². The molecule has 7 nitrogen and oxygen atoms in total. The molecule has 2 heterocycles. The van der Waals surface area contributed by atoms with Crippen LogP contribution >= 0.6 is 11.3 Å². The Morgan fingerprint density at radius 2 is 2.13 bits per heavy atom. The fraction of sp³-hybridized carbons (Fsp3) is 0.0667. The smallest absolute Gasteiger partial charge is 0.273 e. The highest BCUT2D eigenvalue weighted by atomic mass is 32.1. The molecule has 3 aromatic rings. The number of anilines is 1. The summed E-state index contributed by atoms with van der Waals surface area (Å²) in [7, 11) is 0. The third-order valence-corrected chi connectivity index (χ3v) is 4.07. The number of para-hydroxylation sites is 1. The molecule has 0 saturated carbocycles. The Balaban J connectivity index is 1.70. The summed E-state index contributed by atoms with van der Waals surface area (Å²) >= 11 is 1.56. The number of carbonyl (C=O) groups is 1. The van der Waals surface area contributed by atoms with Gasteiger partial charge in [0.1, 0.15) is 0 Å². The van der Waals surface area contributed by atoms with Gasteiger partial charge in [0, 0.05) is 17.7 Å². The first-order valence-electron chi connectivity index (χ1n) is 6.75. The number of thiophene rings is 1. The molecule has 2 aromatic heterocycles. The summed E-state index contributed by atoms with van der Waals surface area (Å²) in [4.78, 5) is 23.5. The summed E-state index contributed by atoms with van der Waals surface area (Å²) in [6.45, 7) is 0. The maximum Gasteiger partial charge on any atom is 0.273 e. The van der Waals surface area contributed by atoms with Crippen molar-refractivity contribution in [3.63, 3.8) is 0 Å². The summed E-state index contributed by atoms with van der Waals surface area (Å²) < 4.78 is 0. The van der Waals surface area contributed by atoms with Gasteiger partial charge in [-0.1, -0.05) is 24.3 Å². The van der Waals surface area contributed by atoms with Gasteiger partial charge in [-0.3, -0.25) is 20.0 Å². The second kappa shape index (κ2) is 6.41. The van der Waals surface area contributed by atoms with Gasteiger partial charge in [-0.25, -0.2) is 0 Å². The zero-order chi connectivity index (χ0) is 16.2. The van der Waals surface area contributed by atoms with Gasteiger partial charge < -0.3 is 5.32 Å². The lowest BCUT2D eigenvalue weighted by molar-refractivity contribution is -0.385. The number of rotatable bonds is 5. The highest BCUT2D eigenvalue weighted by Gasteiger charge is 2.16. The minimum absolute atomic E-state index is 0.0658. The molecule has 0 bridgehead atoms. The van der Waals surface area contributed by atoms with E-state index in [0.717, 1.165) is 10.6 Å². The minimum atomic E-state index is -0.494. The molecule has 0 unspecified atom stereocenters. The molecule has 0 aliphatic carbocycles. The molecule has 0 radical (unpaired) electrons. The molecule has 1 amide bonds. The fourth-order valence-electron chi connectivity index (χ4n) is 2.14.